The average molecular weight is 266 g/mol. The molecule has 2 rings (SSSR count). The van der Waals surface area contributed by atoms with Gasteiger partial charge in [0.2, 0.25) is 11.8 Å². The number of carbonyl (C=O) groups excluding carboxylic acids is 2. The van der Waals surface area contributed by atoms with Gasteiger partial charge in [-0.3, -0.25) is 9.59 Å². The number of carbonyl (C=O) groups is 2. The zero-order valence-electron chi connectivity index (χ0n) is 12.5. The van der Waals surface area contributed by atoms with E-state index in [2.05, 4.69) is 19.2 Å². The number of amides is 2. The Bertz CT molecular complexity index is 374. The van der Waals surface area contributed by atoms with E-state index in [1.807, 2.05) is 18.7 Å². The first-order chi connectivity index (χ1) is 8.93. The molecule has 1 saturated heterocycles. The molecule has 0 aromatic rings. The van der Waals surface area contributed by atoms with Crippen LogP contribution in [0.1, 0.15) is 53.4 Å². The monoisotopic (exact) mass is 266 g/mol. The summed E-state index contributed by atoms with van der Waals surface area (Å²) >= 11 is 0. The average Bonchev–Trinajstić information content (AvgIpc) is 3.21. The fourth-order valence-corrected chi connectivity index (χ4v) is 3.03. The molecule has 108 valence electrons. The van der Waals surface area contributed by atoms with Gasteiger partial charge in [0.15, 0.2) is 0 Å². The van der Waals surface area contributed by atoms with Crippen molar-refractivity contribution >= 4 is 11.8 Å². The first-order valence-corrected chi connectivity index (χ1v) is 7.57. The number of nitrogens with zero attached hydrogens (tertiary/aromatic N) is 1. The predicted octanol–water partition coefficient (Wildman–Crippen LogP) is 1.94. The minimum absolute atomic E-state index is 0.0000406. The van der Waals surface area contributed by atoms with Crippen molar-refractivity contribution < 1.29 is 9.59 Å². The lowest BCUT2D eigenvalue weighted by Gasteiger charge is -2.44. The van der Waals surface area contributed by atoms with Gasteiger partial charge in [0.1, 0.15) is 11.6 Å². The van der Waals surface area contributed by atoms with E-state index >= 15 is 0 Å². The third-order valence-electron chi connectivity index (χ3n) is 4.94. The first kappa shape index (κ1) is 14.4. The highest BCUT2D eigenvalue weighted by molar-refractivity contribution is 5.99. The number of hydrogen-bond acceptors (Lipinski definition) is 2. The van der Waals surface area contributed by atoms with E-state index in [-0.39, 0.29) is 17.9 Å². The molecule has 0 radical (unpaired) electrons. The molecule has 4 heteroatoms. The second-order valence-electron chi connectivity index (χ2n) is 6.28. The molecule has 1 N–H and O–H groups in total. The lowest BCUT2D eigenvalue weighted by Crippen LogP contribution is -2.70. The Balaban J connectivity index is 2.19. The predicted molar refractivity (Wildman–Crippen MR) is 74.5 cm³/mol. The largest absolute Gasteiger partial charge is 0.340 e. The Morgan fingerprint density at radius 1 is 1.32 bits per heavy atom. The van der Waals surface area contributed by atoms with Gasteiger partial charge in [-0.05, 0) is 38.5 Å². The lowest BCUT2D eigenvalue weighted by atomic mass is 9.88. The minimum atomic E-state index is -0.657. The maximum atomic E-state index is 12.8. The molecule has 1 aliphatic heterocycles. The molecular weight excluding hydrogens is 240 g/mol. The fourth-order valence-electron chi connectivity index (χ4n) is 3.03. The first-order valence-electron chi connectivity index (χ1n) is 7.57. The zero-order valence-corrected chi connectivity index (χ0v) is 12.5. The number of nitrogens with one attached hydrogen (secondary N) is 1. The quantitative estimate of drug-likeness (QED) is 0.826. The van der Waals surface area contributed by atoms with Crippen LogP contribution in [0.4, 0.5) is 0 Å². The van der Waals surface area contributed by atoms with Crippen LogP contribution >= 0.6 is 0 Å². The van der Waals surface area contributed by atoms with Gasteiger partial charge in [-0.2, -0.15) is 0 Å². The van der Waals surface area contributed by atoms with E-state index < -0.39 is 5.54 Å². The Hall–Kier alpha value is -1.06. The molecule has 4 nitrogen and oxygen atoms in total. The molecule has 1 saturated carbocycles. The van der Waals surface area contributed by atoms with Crippen LogP contribution in [-0.4, -0.2) is 34.8 Å². The van der Waals surface area contributed by atoms with Crippen LogP contribution in [0.2, 0.25) is 0 Å². The molecule has 2 amide bonds. The molecule has 0 aromatic heterocycles. The van der Waals surface area contributed by atoms with Gasteiger partial charge in [0, 0.05) is 6.54 Å². The van der Waals surface area contributed by atoms with Crippen LogP contribution in [0.25, 0.3) is 0 Å². The summed E-state index contributed by atoms with van der Waals surface area (Å²) in [5, 5.41) is 2.96. The van der Waals surface area contributed by atoms with Crippen molar-refractivity contribution in [3.8, 4) is 0 Å². The van der Waals surface area contributed by atoms with Crippen molar-refractivity contribution in [1.29, 1.82) is 0 Å². The Labute approximate surface area is 115 Å². The summed E-state index contributed by atoms with van der Waals surface area (Å²) in [4.78, 5) is 26.7. The Kier molecular flexibility index (Phi) is 3.88. The van der Waals surface area contributed by atoms with Crippen LogP contribution in [0, 0.1) is 11.8 Å². The van der Waals surface area contributed by atoms with Crippen LogP contribution in [0.5, 0.6) is 0 Å². The summed E-state index contributed by atoms with van der Waals surface area (Å²) in [6.45, 7) is 8.74. The highest BCUT2D eigenvalue weighted by Crippen LogP contribution is 2.42. The Morgan fingerprint density at radius 2 is 1.89 bits per heavy atom. The lowest BCUT2D eigenvalue weighted by molar-refractivity contribution is -0.155. The second-order valence-corrected chi connectivity index (χ2v) is 6.28. The van der Waals surface area contributed by atoms with E-state index in [4.69, 9.17) is 0 Å². The van der Waals surface area contributed by atoms with Crippen molar-refractivity contribution in [3.63, 3.8) is 0 Å². The van der Waals surface area contributed by atoms with Gasteiger partial charge >= 0.3 is 0 Å². The minimum Gasteiger partial charge on any atom is -0.340 e. The summed E-state index contributed by atoms with van der Waals surface area (Å²) in [5.74, 6) is 0.940. The normalized spacial score (nSPS) is 31.8. The molecule has 0 aromatic carbocycles. The maximum absolute atomic E-state index is 12.8. The van der Waals surface area contributed by atoms with Gasteiger partial charge in [-0.25, -0.2) is 0 Å². The summed E-state index contributed by atoms with van der Waals surface area (Å²) in [7, 11) is 0. The number of hydrogen-bond donors (Lipinski definition) is 1. The van der Waals surface area contributed by atoms with Gasteiger partial charge in [-0.15, -0.1) is 0 Å². The van der Waals surface area contributed by atoms with Crippen molar-refractivity contribution in [2.45, 2.75) is 65.0 Å². The summed E-state index contributed by atoms with van der Waals surface area (Å²) in [5.41, 5.74) is -0.657. The highest BCUT2D eigenvalue weighted by atomic mass is 16.2. The van der Waals surface area contributed by atoms with Gasteiger partial charge < -0.3 is 10.2 Å². The number of piperazine rings is 1. The Morgan fingerprint density at radius 3 is 2.37 bits per heavy atom. The molecule has 2 fully saturated rings. The molecule has 2 atom stereocenters. The van der Waals surface area contributed by atoms with Crippen molar-refractivity contribution in [3.05, 3.63) is 0 Å². The van der Waals surface area contributed by atoms with Gasteiger partial charge in [-0.1, -0.05) is 26.7 Å². The van der Waals surface area contributed by atoms with Crippen molar-refractivity contribution in [2.75, 3.05) is 6.54 Å². The van der Waals surface area contributed by atoms with Crippen LogP contribution < -0.4 is 5.32 Å². The fraction of sp³-hybridized carbons (Fsp3) is 0.867. The van der Waals surface area contributed by atoms with E-state index in [0.717, 1.165) is 25.7 Å². The number of rotatable bonds is 5. The smallest absolute Gasteiger partial charge is 0.249 e. The van der Waals surface area contributed by atoms with E-state index in [9.17, 15) is 9.59 Å². The standard InChI is InChI=1S/C15H26N2O2/c1-5-11(6-2)9-17-10(3)13(18)16-15(4,14(17)19)12-7-8-12/h10-12H,5-9H2,1-4H3,(H,16,18). The SMILES string of the molecule is CCC(CC)CN1C(=O)C(C)(C2CC2)NC(=O)C1C. The molecule has 1 aliphatic carbocycles. The molecule has 0 bridgehead atoms. The van der Waals surface area contributed by atoms with E-state index in [1.165, 1.54) is 0 Å². The third kappa shape index (κ3) is 2.49. The highest BCUT2D eigenvalue weighted by Gasteiger charge is 2.54. The zero-order chi connectivity index (χ0) is 14.2. The van der Waals surface area contributed by atoms with Gasteiger partial charge in [0.25, 0.3) is 0 Å². The second kappa shape index (κ2) is 5.14. The molecule has 19 heavy (non-hydrogen) atoms. The van der Waals surface area contributed by atoms with Crippen LogP contribution in [0.3, 0.4) is 0 Å². The maximum Gasteiger partial charge on any atom is 0.249 e. The summed E-state index contributed by atoms with van der Waals surface area (Å²) in [6, 6.07) is -0.333. The van der Waals surface area contributed by atoms with E-state index in [1.54, 1.807) is 0 Å². The summed E-state index contributed by atoms with van der Waals surface area (Å²) < 4.78 is 0. The van der Waals surface area contributed by atoms with Crippen molar-refractivity contribution in [1.82, 2.24) is 10.2 Å². The van der Waals surface area contributed by atoms with Gasteiger partial charge in [0.05, 0.1) is 0 Å². The van der Waals surface area contributed by atoms with Crippen LogP contribution in [-0.2, 0) is 9.59 Å². The van der Waals surface area contributed by atoms with Crippen molar-refractivity contribution in [2.24, 2.45) is 11.8 Å². The molecular formula is C15H26N2O2. The van der Waals surface area contributed by atoms with Crippen LogP contribution in [0.15, 0.2) is 0 Å². The molecule has 0 spiro atoms. The molecule has 2 aliphatic rings. The molecule has 1 heterocycles. The third-order valence-corrected chi connectivity index (χ3v) is 4.94. The van der Waals surface area contributed by atoms with E-state index in [0.29, 0.717) is 18.4 Å². The summed E-state index contributed by atoms with van der Waals surface area (Å²) in [6.07, 6.45) is 4.20. The topological polar surface area (TPSA) is 49.4 Å². The molecule has 2 unspecified atom stereocenters.